The van der Waals surface area contributed by atoms with Crippen LogP contribution >= 0.6 is 12.4 Å². The van der Waals surface area contributed by atoms with Crippen LogP contribution in [0.4, 0.5) is 5.69 Å². The van der Waals surface area contributed by atoms with Gasteiger partial charge in [-0.1, -0.05) is 31.5 Å². The number of hydrogen-bond acceptors (Lipinski definition) is 4. The van der Waals surface area contributed by atoms with Crippen LogP contribution in [0.5, 0.6) is 0 Å². The predicted octanol–water partition coefficient (Wildman–Crippen LogP) is 3.20. The van der Waals surface area contributed by atoms with Gasteiger partial charge in [0.1, 0.15) is 0 Å². The molecule has 6 nitrogen and oxygen atoms in total. The monoisotopic (exact) mass is 425 g/mol. The van der Waals surface area contributed by atoms with Crippen LogP contribution < -0.4 is 15.4 Å². The molecule has 0 aromatic heterocycles. The SMILES string of the molecule is CCCCc1ccc(NS(=O)(=O)c2cccc(C(=O)NCCNC)c2)cc1.Cl. The topological polar surface area (TPSA) is 87.3 Å². The number of halogens is 1. The Labute approximate surface area is 173 Å². The Kier molecular flexibility index (Phi) is 9.99. The van der Waals surface area contributed by atoms with E-state index in [1.54, 1.807) is 31.3 Å². The van der Waals surface area contributed by atoms with Crippen molar-refractivity contribution < 1.29 is 13.2 Å². The van der Waals surface area contributed by atoms with Gasteiger partial charge in [0.15, 0.2) is 0 Å². The molecule has 0 radical (unpaired) electrons. The molecule has 0 atom stereocenters. The molecule has 2 aromatic carbocycles. The van der Waals surface area contributed by atoms with Crippen molar-refractivity contribution in [3.63, 3.8) is 0 Å². The standard InChI is InChI=1S/C20H27N3O3S.ClH/c1-3-4-6-16-9-11-18(12-10-16)23-27(25,26)19-8-5-7-17(15-19)20(24)22-14-13-21-2;/h5,7-12,15,21,23H,3-4,6,13-14H2,1-2H3,(H,22,24);1H. The highest BCUT2D eigenvalue weighted by molar-refractivity contribution is 7.92. The number of amides is 1. The molecule has 1 amide bonds. The normalized spacial score (nSPS) is 10.8. The lowest BCUT2D eigenvalue weighted by atomic mass is 10.1. The van der Waals surface area contributed by atoms with E-state index in [9.17, 15) is 13.2 Å². The van der Waals surface area contributed by atoms with Crippen LogP contribution in [0.2, 0.25) is 0 Å². The van der Waals surface area contributed by atoms with Crippen molar-refractivity contribution in [1.82, 2.24) is 10.6 Å². The van der Waals surface area contributed by atoms with Crippen molar-refractivity contribution in [3.8, 4) is 0 Å². The van der Waals surface area contributed by atoms with Gasteiger partial charge in [0.25, 0.3) is 15.9 Å². The van der Waals surface area contributed by atoms with Crippen molar-refractivity contribution in [2.45, 2.75) is 31.1 Å². The van der Waals surface area contributed by atoms with Crippen LogP contribution in [0.25, 0.3) is 0 Å². The van der Waals surface area contributed by atoms with E-state index in [0.717, 1.165) is 19.3 Å². The third kappa shape index (κ3) is 7.14. The molecule has 0 unspecified atom stereocenters. The molecule has 0 spiro atoms. The van der Waals surface area contributed by atoms with Crippen LogP contribution in [0.3, 0.4) is 0 Å². The fraction of sp³-hybridized carbons (Fsp3) is 0.350. The van der Waals surface area contributed by atoms with Crippen LogP contribution in [0.1, 0.15) is 35.7 Å². The Hall–Kier alpha value is -2.09. The summed E-state index contributed by atoms with van der Waals surface area (Å²) in [6, 6.07) is 13.4. The van der Waals surface area contributed by atoms with Gasteiger partial charge in [-0.3, -0.25) is 9.52 Å². The maximum absolute atomic E-state index is 12.6. The van der Waals surface area contributed by atoms with E-state index in [-0.39, 0.29) is 23.2 Å². The minimum Gasteiger partial charge on any atom is -0.351 e. The number of carbonyl (C=O) groups is 1. The van der Waals surface area contributed by atoms with E-state index in [1.807, 2.05) is 12.1 Å². The second-order valence-corrected chi connectivity index (χ2v) is 7.98. The summed E-state index contributed by atoms with van der Waals surface area (Å²) in [5.41, 5.74) is 1.99. The minimum atomic E-state index is -3.77. The van der Waals surface area contributed by atoms with E-state index >= 15 is 0 Å². The number of unbranched alkanes of at least 4 members (excludes halogenated alkanes) is 1. The molecule has 0 aliphatic rings. The molecule has 154 valence electrons. The Bertz CT molecular complexity index is 855. The number of benzene rings is 2. The third-order valence-corrected chi connectivity index (χ3v) is 5.47. The summed E-state index contributed by atoms with van der Waals surface area (Å²) in [7, 11) is -1.97. The number of aryl methyl sites for hydroxylation is 1. The van der Waals surface area contributed by atoms with E-state index < -0.39 is 10.0 Å². The fourth-order valence-electron chi connectivity index (χ4n) is 2.54. The first-order chi connectivity index (χ1) is 13.0. The van der Waals surface area contributed by atoms with Gasteiger partial charge in [0.05, 0.1) is 4.90 Å². The summed E-state index contributed by atoms with van der Waals surface area (Å²) in [5, 5.41) is 5.67. The maximum Gasteiger partial charge on any atom is 0.261 e. The predicted molar refractivity (Wildman–Crippen MR) is 116 cm³/mol. The molecule has 28 heavy (non-hydrogen) atoms. The first-order valence-corrected chi connectivity index (χ1v) is 10.6. The number of sulfonamides is 1. The lowest BCUT2D eigenvalue weighted by Gasteiger charge is -2.10. The summed E-state index contributed by atoms with van der Waals surface area (Å²) in [6.45, 7) is 3.24. The Balaban J connectivity index is 0.00000392. The van der Waals surface area contributed by atoms with Gasteiger partial charge >= 0.3 is 0 Å². The summed E-state index contributed by atoms with van der Waals surface area (Å²) >= 11 is 0. The molecule has 0 bridgehead atoms. The summed E-state index contributed by atoms with van der Waals surface area (Å²) in [4.78, 5) is 12.2. The van der Waals surface area contributed by atoms with E-state index in [4.69, 9.17) is 0 Å². The van der Waals surface area contributed by atoms with Gasteiger partial charge in [0, 0.05) is 24.3 Å². The van der Waals surface area contributed by atoms with Gasteiger partial charge in [-0.2, -0.15) is 0 Å². The second-order valence-electron chi connectivity index (χ2n) is 6.29. The lowest BCUT2D eigenvalue weighted by molar-refractivity contribution is 0.0954. The number of nitrogens with one attached hydrogen (secondary N) is 3. The van der Waals surface area contributed by atoms with Crippen molar-refractivity contribution in [2.24, 2.45) is 0 Å². The maximum atomic E-state index is 12.6. The van der Waals surface area contributed by atoms with Crippen molar-refractivity contribution >= 4 is 34.0 Å². The van der Waals surface area contributed by atoms with Crippen LogP contribution in [0.15, 0.2) is 53.4 Å². The minimum absolute atomic E-state index is 0. The first-order valence-electron chi connectivity index (χ1n) is 9.11. The first kappa shape index (κ1) is 23.9. The largest absolute Gasteiger partial charge is 0.351 e. The van der Waals surface area contributed by atoms with Crippen LogP contribution in [-0.2, 0) is 16.4 Å². The van der Waals surface area contributed by atoms with Gasteiger partial charge in [-0.25, -0.2) is 8.42 Å². The molecule has 0 fully saturated rings. The zero-order chi connectivity index (χ0) is 19.7. The molecule has 0 heterocycles. The molecular formula is C20H28ClN3O3S. The lowest BCUT2D eigenvalue weighted by Crippen LogP contribution is -2.30. The van der Waals surface area contributed by atoms with Gasteiger partial charge in [0.2, 0.25) is 0 Å². The number of hydrogen-bond donors (Lipinski definition) is 3. The van der Waals surface area contributed by atoms with Gasteiger partial charge in [-0.15, -0.1) is 12.4 Å². The average molecular weight is 426 g/mol. The zero-order valence-electron chi connectivity index (χ0n) is 16.2. The summed E-state index contributed by atoms with van der Waals surface area (Å²) in [5.74, 6) is -0.303. The quantitative estimate of drug-likeness (QED) is 0.510. The third-order valence-electron chi connectivity index (χ3n) is 4.09. The van der Waals surface area contributed by atoms with Crippen LogP contribution in [0, 0.1) is 0 Å². The Morgan fingerprint density at radius 1 is 1.04 bits per heavy atom. The fourth-order valence-corrected chi connectivity index (χ4v) is 3.65. The van der Waals surface area contributed by atoms with Gasteiger partial charge in [-0.05, 0) is 55.8 Å². The molecule has 0 saturated heterocycles. The van der Waals surface area contributed by atoms with Crippen molar-refractivity contribution in [2.75, 3.05) is 24.9 Å². The highest BCUT2D eigenvalue weighted by Gasteiger charge is 2.16. The zero-order valence-corrected chi connectivity index (χ0v) is 17.8. The number of likely N-dealkylation sites (N-methyl/N-ethyl adjacent to an activating group) is 1. The molecule has 2 aromatic rings. The molecule has 3 N–H and O–H groups in total. The van der Waals surface area contributed by atoms with Gasteiger partial charge < -0.3 is 10.6 Å². The molecule has 0 aliphatic carbocycles. The molecule has 0 saturated carbocycles. The smallest absolute Gasteiger partial charge is 0.261 e. The Morgan fingerprint density at radius 2 is 1.75 bits per heavy atom. The molecule has 2 rings (SSSR count). The highest BCUT2D eigenvalue weighted by Crippen LogP contribution is 2.18. The molecular weight excluding hydrogens is 398 g/mol. The van der Waals surface area contributed by atoms with E-state index in [2.05, 4.69) is 22.3 Å². The highest BCUT2D eigenvalue weighted by atomic mass is 35.5. The Morgan fingerprint density at radius 3 is 2.39 bits per heavy atom. The number of carbonyl (C=O) groups excluding carboxylic acids is 1. The van der Waals surface area contributed by atoms with E-state index in [1.165, 1.54) is 17.7 Å². The van der Waals surface area contributed by atoms with Crippen molar-refractivity contribution in [1.29, 1.82) is 0 Å². The number of anilines is 1. The molecule has 8 heteroatoms. The average Bonchev–Trinajstić information content (AvgIpc) is 2.67. The second kappa shape index (κ2) is 11.7. The number of rotatable bonds is 10. The summed E-state index contributed by atoms with van der Waals surface area (Å²) in [6.07, 6.45) is 3.20. The van der Waals surface area contributed by atoms with E-state index in [0.29, 0.717) is 24.3 Å². The van der Waals surface area contributed by atoms with Crippen LogP contribution in [-0.4, -0.2) is 34.5 Å². The molecule has 0 aliphatic heterocycles. The van der Waals surface area contributed by atoms with Crippen molar-refractivity contribution in [3.05, 3.63) is 59.7 Å². The summed E-state index contributed by atoms with van der Waals surface area (Å²) < 4.78 is 27.8.